The number of hydrogen-bond acceptors (Lipinski definition) is 2. The molecule has 0 aliphatic carbocycles. The van der Waals surface area contributed by atoms with Crippen LogP contribution in [0.4, 0.5) is 0 Å². The largest absolute Gasteiger partial charge is 0.313 e. The molecule has 0 spiro atoms. The predicted octanol–water partition coefficient (Wildman–Crippen LogP) is 2.27. The normalized spacial score (nSPS) is 25.9. The third-order valence-electron chi connectivity index (χ3n) is 1.88. The van der Waals surface area contributed by atoms with Gasteiger partial charge in [0.2, 0.25) is 0 Å². The highest BCUT2D eigenvalue weighted by molar-refractivity contribution is 8.00. The minimum atomic E-state index is 0.435. The first-order chi connectivity index (χ1) is 5.08. The van der Waals surface area contributed by atoms with Gasteiger partial charge in [0.25, 0.3) is 0 Å². The van der Waals surface area contributed by atoms with Gasteiger partial charge >= 0.3 is 0 Å². The molecule has 0 saturated carbocycles. The maximum absolute atomic E-state index is 3.51. The van der Waals surface area contributed by atoms with Crippen LogP contribution in [0.5, 0.6) is 0 Å². The Morgan fingerprint density at radius 2 is 2.18 bits per heavy atom. The van der Waals surface area contributed by atoms with Crippen LogP contribution in [0.2, 0.25) is 0 Å². The van der Waals surface area contributed by atoms with E-state index in [1.807, 2.05) is 0 Å². The zero-order valence-corrected chi connectivity index (χ0v) is 8.63. The van der Waals surface area contributed by atoms with Crippen molar-refractivity contribution in [2.24, 2.45) is 0 Å². The van der Waals surface area contributed by atoms with Crippen molar-refractivity contribution in [3.63, 3.8) is 0 Å². The molecule has 0 radical (unpaired) electrons. The van der Waals surface area contributed by atoms with E-state index < -0.39 is 0 Å². The maximum Gasteiger partial charge on any atom is 0.0158 e. The van der Waals surface area contributed by atoms with Crippen LogP contribution in [0.3, 0.4) is 0 Å². The third-order valence-corrected chi connectivity index (χ3v) is 3.31. The Hall–Kier alpha value is 0.310. The number of rotatable bonds is 2. The average molecular weight is 173 g/mol. The van der Waals surface area contributed by atoms with Gasteiger partial charge < -0.3 is 5.32 Å². The molecule has 1 unspecified atom stereocenters. The van der Waals surface area contributed by atoms with Gasteiger partial charge in [0.05, 0.1) is 0 Å². The highest BCUT2D eigenvalue weighted by Gasteiger charge is 2.17. The topological polar surface area (TPSA) is 12.0 Å². The van der Waals surface area contributed by atoms with E-state index in [1.54, 1.807) is 0 Å². The third kappa shape index (κ3) is 4.02. The molecule has 0 bridgehead atoms. The van der Waals surface area contributed by atoms with E-state index in [2.05, 4.69) is 37.8 Å². The Bertz CT molecular complexity index is 111. The standard InChI is InChI=1S/C9H19NS/c1-9(2,3)11-7-8-5-4-6-10-8/h8,10H,4-7H2,1-3H3. The van der Waals surface area contributed by atoms with Crippen molar-refractivity contribution >= 4 is 11.8 Å². The zero-order chi connectivity index (χ0) is 8.32. The van der Waals surface area contributed by atoms with Crippen LogP contribution >= 0.6 is 11.8 Å². The maximum atomic E-state index is 3.51. The number of hydrogen-bond donors (Lipinski definition) is 1. The molecular weight excluding hydrogens is 154 g/mol. The van der Waals surface area contributed by atoms with Crippen LogP contribution in [-0.2, 0) is 0 Å². The van der Waals surface area contributed by atoms with E-state index in [0.717, 1.165) is 6.04 Å². The van der Waals surface area contributed by atoms with Crippen LogP contribution in [0.25, 0.3) is 0 Å². The van der Waals surface area contributed by atoms with E-state index in [0.29, 0.717) is 4.75 Å². The van der Waals surface area contributed by atoms with Gasteiger partial charge in [-0.15, -0.1) is 0 Å². The Morgan fingerprint density at radius 1 is 1.45 bits per heavy atom. The Kier molecular flexibility index (Phi) is 3.26. The second kappa shape index (κ2) is 3.81. The molecule has 1 saturated heterocycles. The fourth-order valence-corrected chi connectivity index (χ4v) is 2.24. The molecule has 11 heavy (non-hydrogen) atoms. The molecule has 66 valence electrons. The summed E-state index contributed by atoms with van der Waals surface area (Å²) in [4.78, 5) is 0. The van der Waals surface area contributed by atoms with Crippen LogP contribution in [-0.4, -0.2) is 23.1 Å². The molecule has 2 heteroatoms. The van der Waals surface area contributed by atoms with Crippen molar-refractivity contribution in [3.8, 4) is 0 Å². The van der Waals surface area contributed by atoms with Gasteiger partial charge in [-0.25, -0.2) is 0 Å². The molecule has 1 aliphatic heterocycles. The van der Waals surface area contributed by atoms with Gasteiger partial charge in [0.1, 0.15) is 0 Å². The smallest absolute Gasteiger partial charge is 0.0158 e. The summed E-state index contributed by atoms with van der Waals surface area (Å²) in [7, 11) is 0. The fourth-order valence-electron chi connectivity index (χ4n) is 1.25. The lowest BCUT2D eigenvalue weighted by Crippen LogP contribution is -2.26. The highest BCUT2D eigenvalue weighted by atomic mass is 32.2. The van der Waals surface area contributed by atoms with Crippen LogP contribution < -0.4 is 5.32 Å². The van der Waals surface area contributed by atoms with Gasteiger partial charge in [-0.3, -0.25) is 0 Å². The molecule has 1 N–H and O–H groups in total. The molecule has 0 aromatic carbocycles. The van der Waals surface area contributed by atoms with Gasteiger partial charge in [0.15, 0.2) is 0 Å². The van der Waals surface area contributed by atoms with E-state index in [-0.39, 0.29) is 0 Å². The van der Waals surface area contributed by atoms with E-state index >= 15 is 0 Å². The average Bonchev–Trinajstić information content (AvgIpc) is 2.32. The van der Waals surface area contributed by atoms with Gasteiger partial charge in [-0.05, 0) is 19.4 Å². The first kappa shape index (κ1) is 9.40. The lowest BCUT2D eigenvalue weighted by atomic mass is 10.2. The first-order valence-corrected chi connectivity index (χ1v) is 5.44. The van der Waals surface area contributed by atoms with E-state index in [4.69, 9.17) is 0 Å². The van der Waals surface area contributed by atoms with Crippen molar-refractivity contribution in [3.05, 3.63) is 0 Å². The Labute approximate surface area is 74.3 Å². The van der Waals surface area contributed by atoms with E-state index in [9.17, 15) is 0 Å². The van der Waals surface area contributed by atoms with Gasteiger partial charge in [0, 0.05) is 16.5 Å². The number of thioether (sulfide) groups is 1. The van der Waals surface area contributed by atoms with Crippen molar-refractivity contribution in [1.82, 2.24) is 5.32 Å². The van der Waals surface area contributed by atoms with Crippen molar-refractivity contribution in [1.29, 1.82) is 0 Å². The van der Waals surface area contributed by atoms with Gasteiger partial charge in [-0.1, -0.05) is 20.8 Å². The van der Waals surface area contributed by atoms with Crippen LogP contribution in [0, 0.1) is 0 Å². The summed E-state index contributed by atoms with van der Waals surface area (Å²) < 4.78 is 0.435. The molecule has 0 aromatic rings. The predicted molar refractivity (Wildman–Crippen MR) is 53.2 cm³/mol. The minimum Gasteiger partial charge on any atom is -0.313 e. The second-order valence-corrected chi connectivity index (χ2v) is 6.06. The lowest BCUT2D eigenvalue weighted by molar-refractivity contribution is 0.668. The van der Waals surface area contributed by atoms with Crippen LogP contribution in [0.15, 0.2) is 0 Å². The van der Waals surface area contributed by atoms with Crippen molar-refractivity contribution in [2.45, 2.75) is 44.4 Å². The molecule has 0 aromatic heterocycles. The summed E-state index contributed by atoms with van der Waals surface area (Å²) in [5, 5.41) is 3.51. The van der Waals surface area contributed by atoms with Crippen molar-refractivity contribution < 1.29 is 0 Å². The molecule has 1 aliphatic rings. The summed E-state index contributed by atoms with van der Waals surface area (Å²) in [6, 6.07) is 0.791. The SMILES string of the molecule is CC(C)(C)SCC1CCCN1. The molecule has 1 heterocycles. The number of nitrogens with one attached hydrogen (secondary N) is 1. The molecule has 1 nitrogen and oxygen atoms in total. The van der Waals surface area contributed by atoms with Crippen molar-refractivity contribution in [2.75, 3.05) is 12.3 Å². The summed E-state index contributed by atoms with van der Waals surface area (Å²) in [6.07, 6.45) is 2.75. The summed E-state index contributed by atoms with van der Waals surface area (Å²) in [6.45, 7) is 8.08. The van der Waals surface area contributed by atoms with E-state index in [1.165, 1.54) is 25.1 Å². The molecular formula is C9H19NS. The second-order valence-electron chi connectivity index (χ2n) is 4.22. The quantitative estimate of drug-likeness (QED) is 0.687. The summed E-state index contributed by atoms with van der Waals surface area (Å²) >= 11 is 2.07. The molecule has 0 amide bonds. The molecule has 1 atom stereocenters. The summed E-state index contributed by atoms with van der Waals surface area (Å²) in [5.74, 6) is 1.28. The first-order valence-electron chi connectivity index (χ1n) is 4.45. The molecule has 1 rings (SSSR count). The fraction of sp³-hybridized carbons (Fsp3) is 1.00. The lowest BCUT2D eigenvalue weighted by Gasteiger charge is -2.20. The van der Waals surface area contributed by atoms with Crippen LogP contribution in [0.1, 0.15) is 33.6 Å². The summed E-state index contributed by atoms with van der Waals surface area (Å²) in [5.41, 5.74) is 0. The Balaban J connectivity index is 2.11. The minimum absolute atomic E-state index is 0.435. The monoisotopic (exact) mass is 173 g/mol. The Morgan fingerprint density at radius 3 is 2.64 bits per heavy atom. The molecule has 1 fully saturated rings. The highest BCUT2D eigenvalue weighted by Crippen LogP contribution is 2.25. The van der Waals surface area contributed by atoms with Gasteiger partial charge in [-0.2, -0.15) is 11.8 Å². The zero-order valence-electron chi connectivity index (χ0n) is 7.81.